The van der Waals surface area contributed by atoms with Gasteiger partial charge in [-0.3, -0.25) is 14.8 Å². The summed E-state index contributed by atoms with van der Waals surface area (Å²) in [6, 6.07) is 5.76. The van der Waals surface area contributed by atoms with Crippen molar-refractivity contribution in [1.82, 2.24) is 34.6 Å². The molecule has 4 heterocycles. The number of hydrogen-bond donors (Lipinski definition) is 3. The molecule has 12 heteroatoms. The number of H-pyrrole nitrogens is 1. The van der Waals surface area contributed by atoms with Crippen molar-refractivity contribution in [2.24, 2.45) is 0 Å². The molecule has 1 aliphatic carbocycles. The van der Waals surface area contributed by atoms with E-state index >= 15 is 0 Å². The van der Waals surface area contributed by atoms with Gasteiger partial charge in [0, 0.05) is 49.7 Å². The SMILES string of the molecule is Cc1cc(Nc2nc(N3CCN(C(=O)C4(N(C(=O)O)C(C)(C)C)CCCCC4)CC3)nn3cccc23)n[nH]1. The van der Waals surface area contributed by atoms with Crippen molar-refractivity contribution in [3.8, 4) is 0 Å². The fourth-order valence-electron chi connectivity index (χ4n) is 5.94. The van der Waals surface area contributed by atoms with Crippen molar-refractivity contribution in [2.45, 2.75) is 70.9 Å². The zero-order chi connectivity index (χ0) is 27.1. The van der Waals surface area contributed by atoms with Crippen LogP contribution in [0.15, 0.2) is 24.4 Å². The van der Waals surface area contributed by atoms with Crippen molar-refractivity contribution < 1.29 is 14.7 Å². The Morgan fingerprint density at radius 3 is 2.45 bits per heavy atom. The number of carbonyl (C=O) groups excluding carboxylic acids is 1. The quantitative estimate of drug-likeness (QED) is 0.461. The fraction of sp³-hybridized carbons (Fsp3) is 0.577. The van der Waals surface area contributed by atoms with Crippen LogP contribution in [-0.4, -0.2) is 89.0 Å². The monoisotopic (exact) mass is 523 g/mol. The molecule has 2 fully saturated rings. The summed E-state index contributed by atoms with van der Waals surface area (Å²) in [4.78, 5) is 36.6. The molecular weight excluding hydrogens is 486 g/mol. The first-order valence-electron chi connectivity index (χ1n) is 13.3. The van der Waals surface area contributed by atoms with Crippen LogP contribution >= 0.6 is 0 Å². The number of piperazine rings is 1. The molecule has 2 aliphatic rings. The van der Waals surface area contributed by atoms with Crippen LogP contribution in [0.2, 0.25) is 0 Å². The van der Waals surface area contributed by atoms with E-state index in [0.29, 0.717) is 56.6 Å². The number of rotatable bonds is 5. The Morgan fingerprint density at radius 2 is 1.84 bits per heavy atom. The minimum atomic E-state index is -1.04. The average molecular weight is 524 g/mol. The van der Waals surface area contributed by atoms with Crippen LogP contribution in [-0.2, 0) is 4.79 Å². The summed E-state index contributed by atoms with van der Waals surface area (Å²) in [6.07, 6.45) is 4.68. The van der Waals surface area contributed by atoms with Gasteiger partial charge in [-0.2, -0.15) is 10.1 Å². The van der Waals surface area contributed by atoms with E-state index in [1.54, 1.807) is 4.52 Å². The maximum Gasteiger partial charge on any atom is 0.408 e. The Labute approximate surface area is 222 Å². The van der Waals surface area contributed by atoms with Gasteiger partial charge in [-0.15, -0.1) is 5.10 Å². The predicted molar refractivity (Wildman–Crippen MR) is 144 cm³/mol. The lowest BCUT2D eigenvalue weighted by atomic mass is 9.77. The number of fused-ring (bicyclic) bond motifs is 1. The molecule has 0 spiro atoms. The van der Waals surface area contributed by atoms with E-state index in [1.807, 2.05) is 57.0 Å². The lowest BCUT2D eigenvalue weighted by molar-refractivity contribution is -0.150. The fourth-order valence-corrected chi connectivity index (χ4v) is 5.94. The van der Waals surface area contributed by atoms with Crippen LogP contribution in [0.5, 0.6) is 0 Å². The maximum atomic E-state index is 14.1. The lowest BCUT2D eigenvalue weighted by Crippen LogP contribution is -2.68. The molecule has 3 N–H and O–H groups in total. The summed E-state index contributed by atoms with van der Waals surface area (Å²) < 4.78 is 1.78. The molecule has 204 valence electrons. The Kier molecular flexibility index (Phi) is 6.66. The third-order valence-corrected chi connectivity index (χ3v) is 7.55. The Balaban J connectivity index is 1.36. The highest BCUT2D eigenvalue weighted by atomic mass is 16.4. The molecule has 2 amide bonds. The smallest absolute Gasteiger partial charge is 0.408 e. The van der Waals surface area contributed by atoms with Crippen molar-refractivity contribution in [2.75, 3.05) is 36.4 Å². The molecule has 5 rings (SSSR count). The Bertz CT molecular complexity index is 1310. The molecule has 0 atom stereocenters. The molecule has 1 saturated heterocycles. The number of aromatic nitrogens is 5. The number of nitrogens with zero attached hydrogens (tertiary/aromatic N) is 7. The van der Waals surface area contributed by atoms with E-state index in [1.165, 1.54) is 4.90 Å². The third kappa shape index (κ3) is 4.74. The van der Waals surface area contributed by atoms with Gasteiger partial charge in [0.1, 0.15) is 11.1 Å². The number of carbonyl (C=O) groups is 2. The molecule has 0 radical (unpaired) electrons. The van der Waals surface area contributed by atoms with Gasteiger partial charge in [0.25, 0.3) is 0 Å². The average Bonchev–Trinajstić information content (AvgIpc) is 3.52. The van der Waals surface area contributed by atoms with Crippen LogP contribution in [0.25, 0.3) is 5.52 Å². The molecular formula is C26H37N9O3. The van der Waals surface area contributed by atoms with Gasteiger partial charge < -0.3 is 20.2 Å². The number of anilines is 3. The number of carboxylic acid groups (broad SMARTS) is 1. The summed E-state index contributed by atoms with van der Waals surface area (Å²) >= 11 is 0. The third-order valence-electron chi connectivity index (χ3n) is 7.55. The van der Waals surface area contributed by atoms with Gasteiger partial charge in [-0.1, -0.05) is 19.3 Å². The van der Waals surface area contributed by atoms with Crippen LogP contribution < -0.4 is 10.2 Å². The summed E-state index contributed by atoms with van der Waals surface area (Å²) in [5, 5.41) is 25.3. The largest absolute Gasteiger partial charge is 0.465 e. The first-order chi connectivity index (χ1) is 18.1. The van der Waals surface area contributed by atoms with E-state index in [2.05, 4.69) is 20.4 Å². The zero-order valence-electron chi connectivity index (χ0n) is 22.6. The second-order valence-corrected chi connectivity index (χ2v) is 11.3. The molecule has 0 aromatic carbocycles. The van der Waals surface area contributed by atoms with Gasteiger partial charge in [0.15, 0.2) is 11.6 Å². The topological polar surface area (TPSA) is 135 Å². The maximum absolute atomic E-state index is 14.1. The Morgan fingerprint density at radius 1 is 1.13 bits per heavy atom. The van der Waals surface area contributed by atoms with E-state index < -0.39 is 17.2 Å². The van der Waals surface area contributed by atoms with Crippen molar-refractivity contribution in [3.05, 3.63) is 30.1 Å². The Hall–Kier alpha value is -3.83. The number of amides is 2. The van der Waals surface area contributed by atoms with Crippen LogP contribution in [0.4, 0.5) is 22.4 Å². The number of aryl methyl sites for hydroxylation is 1. The summed E-state index contributed by atoms with van der Waals surface area (Å²) in [7, 11) is 0. The van der Waals surface area contributed by atoms with Gasteiger partial charge >= 0.3 is 6.09 Å². The summed E-state index contributed by atoms with van der Waals surface area (Å²) in [6.45, 7) is 9.61. The van der Waals surface area contributed by atoms with E-state index in [0.717, 1.165) is 30.5 Å². The van der Waals surface area contributed by atoms with Crippen molar-refractivity contribution in [1.29, 1.82) is 0 Å². The molecule has 1 aliphatic heterocycles. The molecule has 0 unspecified atom stereocenters. The first kappa shape index (κ1) is 25.8. The molecule has 0 bridgehead atoms. The van der Waals surface area contributed by atoms with Crippen LogP contribution in [0.1, 0.15) is 58.6 Å². The highest BCUT2D eigenvalue weighted by Gasteiger charge is 2.53. The number of hydrogen-bond acceptors (Lipinski definition) is 7. The number of nitrogens with one attached hydrogen (secondary N) is 2. The highest BCUT2D eigenvalue weighted by Crippen LogP contribution is 2.40. The van der Waals surface area contributed by atoms with Crippen LogP contribution in [0, 0.1) is 6.92 Å². The molecule has 38 heavy (non-hydrogen) atoms. The molecule has 12 nitrogen and oxygen atoms in total. The second kappa shape index (κ2) is 9.80. The van der Waals surface area contributed by atoms with Gasteiger partial charge in [-0.05, 0) is 52.7 Å². The van der Waals surface area contributed by atoms with Crippen molar-refractivity contribution >= 4 is 35.1 Å². The minimum Gasteiger partial charge on any atom is -0.465 e. The van der Waals surface area contributed by atoms with E-state index in [9.17, 15) is 14.7 Å². The molecule has 1 saturated carbocycles. The zero-order valence-corrected chi connectivity index (χ0v) is 22.6. The van der Waals surface area contributed by atoms with Gasteiger partial charge in [0.05, 0.1) is 0 Å². The normalized spacial score (nSPS) is 18.0. The molecule has 3 aromatic heterocycles. The molecule has 3 aromatic rings. The van der Waals surface area contributed by atoms with Crippen LogP contribution in [0.3, 0.4) is 0 Å². The standard InChI is InChI=1S/C26H37N9O3/c1-18-17-20(30-29-18)27-21-19-9-8-12-34(19)31-23(28-21)33-15-13-32(14-16-33)22(36)26(10-6-5-7-11-26)35(24(37)38)25(2,3)4/h8-9,12,17H,5-7,10-11,13-16H2,1-4H3,(H,37,38)(H2,27,28,29,30,31). The highest BCUT2D eigenvalue weighted by molar-refractivity contribution is 5.90. The van der Waals surface area contributed by atoms with Gasteiger partial charge in [0.2, 0.25) is 11.9 Å². The van der Waals surface area contributed by atoms with Crippen molar-refractivity contribution in [3.63, 3.8) is 0 Å². The predicted octanol–water partition coefficient (Wildman–Crippen LogP) is 3.63. The summed E-state index contributed by atoms with van der Waals surface area (Å²) in [5.74, 6) is 1.80. The van der Waals surface area contributed by atoms with Gasteiger partial charge in [-0.25, -0.2) is 9.31 Å². The number of aromatic amines is 1. The minimum absolute atomic E-state index is 0.0767. The second-order valence-electron chi connectivity index (χ2n) is 11.3. The summed E-state index contributed by atoms with van der Waals surface area (Å²) in [5.41, 5.74) is 0.0665. The first-order valence-corrected chi connectivity index (χ1v) is 13.3. The van der Waals surface area contributed by atoms with E-state index in [-0.39, 0.29) is 5.91 Å². The van der Waals surface area contributed by atoms with E-state index in [4.69, 9.17) is 10.1 Å². The lowest BCUT2D eigenvalue weighted by Gasteiger charge is -2.52.